The highest BCUT2D eigenvalue weighted by molar-refractivity contribution is 7.13. The number of benzene rings is 1. The standard InChI is InChI=1S/C22H22F3N3O2S/c1-15-18(26-21(30-15)19-3-2-12-31-19)13-20(29)28-10-8-27(9-11-28)14-16-4-6-17(7-5-16)22(23,24)25/h2-7,12H,8-11,13-14H2,1H3. The summed E-state index contributed by atoms with van der Waals surface area (Å²) in [7, 11) is 0. The van der Waals surface area contributed by atoms with E-state index in [4.69, 9.17) is 4.42 Å². The van der Waals surface area contributed by atoms with Crippen molar-refractivity contribution < 1.29 is 22.4 Å². The molecule has 0 radical (unpaired) electrons. The van der Waals surface area contributed by atoms with E-state index in [0.717, 1.165) is 22.6 Å². The van der Waals surface area contributed by atoms with E-state index in [0.29, 0.717) is 50.1 Å². The normalized spacial score (nSPS) is 15.4. The molecule has 1 aliphatic heterocycles. The van der Waals surface area contributed by atoms with Crippen molar-refractivity contribution in [3.63, 3.8) is 0 Å². The zero-order valence-electron chi connectivity index (χ0n) is 17.0. The lowest BCUT2D eigenvalue weighted by atomic mass is 10.1. The molecule has 0 N–H and O–H groups in total. The predicted molar refractivity (Wildman–Crippen MR) is 112 cm³/mol. The molecule has 5 nitrogen and oxygen atoms in total. The van der Waals surface area contributed by atoms with Gasteiger partial charge in [0.05, 0.1) is 22.6 Å². The van der Waals surface area contributed by atoms with Gasteiger partial charge in [0.25, 0.3) is 0 Å². The smallest absolute Gasteiger partial charge is 0.416 e. The predicted octanol–water partition coefficient (Wildman–Crippen LogP) is 4.62. The maximum atomic E-state index is 12.7. The minimum atomic E-state index is -4.32. The van der Waals surface area contributed by atoms with E-state index in [1.54, 1.807) is 0 Å². The summed E-state index contributed by atoms with van der Waals surface area (Å²) in [5.74, 6) is 1.19. The van der Waals surface area contributed by atoms with Crippen LogP contribution in [0.2, 0.25) is 0 Å². The molecular weight excluding hydrogens is 427 g/mol. The molecular formula is C22H22F3N3O2S. The van der Waals surface area contributed by atoms with Gasteiger partial charge in [-0.3, -0.25) is 9.69 Å². The largest absolute Gasteiger partial charge is 0.440 e. The Kier molecular flexibility index (Phi) is 6.15. The van der Waals surface area contributed by atoms with Crippen molar-refractivity contribution in [2.45, 2.75) is 26.1 Å². The van der Waals surface area contributed by atoms with Gasteiger partial charge in [-0.1, -0.05) is 18.2 Å². The molecule has 1 saturated heterocycles. The van der Waals surface area contributed by atoms with Crippen LogP contribution in [0.15, 0.2) is 46.2 Å². The van der Waals surface area contributed by atoms with Crippen LogP contribution in [-0.4, -0.2) is 46.9 Å². The summed E-state index contributed by atoms with van der Waals surface area (Å²) in [5, 5.41) is 1.95. The highest BCUT2D eigenvalue weighted by Crippen LogP contribution is 2.29. The van der Waals surface area contributed by atoms with Crippen molar-refractivity contribution in [1.82, 2.24) is 14.8 Å². The molecule has 0 bridgehead atoms. The van der Waals surface area contributed by atoms with E-state index in [9.17, 15) is 18.0 Å². The lowest BCUT2D eigenvalue weighted by Gasteiger charge is -2.34. The number of hydrogen-bond donors (Lipinski definition) is 0. The minimum Gasteiger partial charge on any atom is -0.440 e. The second-order valence-corrected chi connectivity index (χ2v) is 8.48. The van der Waals surface area contributed by atoms with Crippen LogP contribution in [0.3, 0.4) is 0 Å². The summed E-state index contributed by atoms with van der Waals surface area (Å²) in [6.45, 7) is 4.87. The molecule has 31 heavy (non-hydrogen) atoms. The van der Waals surface area contributed by atoms with Gasteiger partial charge in [0.1, 0.15) is 5.76 Å². The van der Waals surface area contributed by atoms with Crippen molar-refractivity contribution in [2.24, 2.45) is 0 Å². The average molecular weight is 449 g/mol. The monoisotopic (exact) mass is 449 g/mol. The van der Waals surface area contributed by atoms with Crippen molar-refractivity contribution in [2.75, 3.05) is 26.2 Å². The number of carbonyl (C=O) groups excluding carboxylic acids is 1. The van der Waals surface area contributed by atoms with E-state index in [2.05, 4.69) is 9.88 Å². The maximum absolute atomic E-state index is 12.7. The molecule has 1 aliphatic rings. The number of nitrogens with zero attached hydrogens (tertiary/aromatic N) is 3. The fourth-order valence-electron chi connectivity index (χ4n) is 3.57. The van der Waals surface area contributed by atoms with Crippen LogP contribution in [0.25, 0.3) is 10.8 Å². The number of alkyl halides is 3. The van der Waals surface area contributed by atoms with Crippen LogP contribution in [0.5, 0.6) is 0 Å². The third kappa shape index (κ3) is 5.16. The summed E-state index contributed by atoms with van der Waals surface area (Å²) >= 11 is 1.53. The van der Waals surface area contributed by atoms with Crippen LogP contribution in [0.1, 0.15) is 22.6 Å². The molecule has 9 heteroatoms. The molecule has 1 fully saturated rings. The Bertz CT molecular complexity index is 1020. The van der Waals surface area contributed by atoms with E-state index < -0.39 is 11.7 Å². The zero-order valence-corrected chi connectivity index (χ0v) is 17.8. The van der Waals surface area contributed by atoms with Crippen molar-refractivity contribution in [3.05, 3.63) is 64.4 Å². The fraction of sp³-hybridized carbons (Fsp3) is 0.364. The van der Waals surface area contributed by atoms with Gasteiger partial charge in [-0.2, -0.15) is 13.2 Å². The van der Waals surface area contributed by atoms with Gasteiger partial charge in [0, 0.05) is 32.7 Å². The first-order valence-electron chi connectivity index (χ1n) is 9.96. The average Bonchev–Trinajstić information content (AvgIpc) is 3.39. The van der Waals surface area contributed by atoms with Crippen LogP contribution in [-0.2, 0) is 23.9 Å². The highest BCUT2D eigenvalue weighted by atomic mass is 32.1. The molecule has 0 aliphatic carbocycles. The summed E-state index contributed by atoms with van der Waals surface area (Å²) in [6.07, 6.45) is -4.13. The lowest BCUT2D eigenvalue weighted by Crippen LogP contribution is -2.48. The number of piperazine rings is 1. The Labute approximate surface area is 182 Å². The number of hydrogen-bond acceptors (Lipinski definition) is 5. The van der Waals surface area contributed by atoms with Crippen LogP contribution in [0.4, 0.5) is 13.2 Å². The van der Waals surface area contributed by atoms with E-state index >= 15 is 0 Å². The second-order valence-electron chi connectivity index (χ2n) is 7.53. The van der Waals surface area contributed by atoms with Gasteiger partial charge in [-0.25, -0.2) is 4.98 Å². The summed E-state index contributed by atoms with van der Waals surface area (Å²) in [5.41, 5.74) is 0.838. The number of thiophene rings is 1. The third-order valence-electron chi connectivity index (χ3n) is 5.36. The third-order valence-corrected chi connectivity index (χ3v) is 6.21. The van der Waals surface area contributed by atoms with Crippen molar-refractivity contribution in [3.8, 4) is 10.8 Å². The molecule has 164 valence electrons. The number of halogens is 3. The van der Waals surface area contributed by atoms with Crippen LogP contribution in [0, 0.1) is 6.92 Å². The van der Waals surface area contributed by atoms with Gasteiger partial charge in [0.2, 0.25) is 11.8 Å². The molecule has 1 amide bonds. The highest BCUT2D eigenvalue weighted by Gasteiger charge is 2.30. The number of aromatic nitrogens is 1. The fourth-order valence-corrected chi connectivity index (χ4v) is 4.21. The molecule has 0 spiro atoms. The van der Waals surface area contributed by atoms with Gasteiger partial charge in [-0.15, -0.1) is 11.3 Å². The number of rotatable bonds is 5. The van der Waals surface area contributed by atoms with Crippen LogP contribution < -0.4 is 0 Å². The molecule has 3 heterocycles. The number of oxazole rings is 1. The summed E-state index contributed by atoms with van der Waals surface area (Å²) < 4.78 is 43.8. The van der Waals surface area contributed by atoms with Gasteiger partial charge in [-0.05, 0) is 36.1 Å². The maximum Gasteiger partial charge on any atom is 0.416 e. The van der Waals surface area contributed by atoms with Gasteiger partial charge in [0.15, 0.2) is 0 Å². The molecule has 1 aromatic carbocycles. The number of aryl methyl sites for hydroxylation is 1. The first-order chi connectivity index (χ1) is 14.8. The molecule has 0 unspecified atom stereocenters. The first-order valence-corrected chi connectivity index (χ1v) is 10.8. The van der Waals surface area contributed by atoms with Crippen LogP contribution >= 0.6 is 11.3 Å². The molecule has 0 atom stereocenters. The Morgan fingerprint density at radius 2 is 1.84 bits per heavy atom. The summed E-state index contributed by atoms with van der Waals surface area (Å²) in [4.78, 5) is 22.1. The Hall–Kier alpha value is -2.65. The van der Waals surface area contributed by atoms with Crippen molar-refractivity contribution in [1.29, 1.82) is 0 Å². The molecule has 2 aromatic heterocycles. The van der Waals surface area contributed by atoms with Crippen molar-refractivity contribution >= 4 is 17.2 Å². The number of amides is 1. The Balaban J connectivity index is 1.29. The SMILES string of the molecule is Cc1oc(-c2cccs2)nc1CC(=O)N1CCN(Cc2ccc(C(F)(F)F)cc2)CC1. The molecule has 4 rings (SSSR count). The molecule has 3 aromatic rings. The first kappa shape index (κ1) is 21.6. The quantitative estimate of drug-likeness (QED) is 0.571. The second kappa shape index (κ2) is 8.84. The Morgan fingerprint density at radius 3 is 2.45 bits per heavy atom. The number of carbonyl (C=O) groups is 1. The van der Waals surface area contributed by atoms with Gasteiger partial charge < -0.3 is 9.32 Å². The van der Waals surface area contributed by atoms with E-state index in [-0.39, 0.29) is 12.3 Å². The van der Waals surface area contributed by atoms with E-state index in [1.165, 1.54) is 23.5 Å². The lowest BCUT2D eigenvalue weighted by molar-refractivity contribution is -0.137. The summed E-state index contributed by atoms with van der Waals surface area (Å²) in [6, 6.07) is 9.10. The minimum absolute atomic E-state index is 0.00306. The molecule has 0 saturated carbocycles. The van der Waals surface area contributed by atoms with Gasteiger partial charge >= 0.3 is 6.18 Å². The van der Waals surface area contributed by atoms with E-state index in [1.807, 2.05) is 29.3 Å². The Morgan fingerprint density at radius 1 is 1.13 bits per heavy atom. The zero-order chi connectivity index (χ0) is 22.0. The topological polar surface area (TPSA) is 49.6 Å².